The predicted octanol–water partition coefficient (Wildman–Crippen LogP) is 3.99. The molecule has 0 fully saturated rings. The third-order valence-electron chi connectivity index (χ3n) is 4.51. The van der Waals surface area contributed by atoms with E-state index in [2.05, 4.69) is 9.98 Å². The van der Waals surface area contributed by atoms with E-state index < -0.39 is 5.97 Å². The number of carboxylic acids is 1. The Bertz CT molecular complexity index is 812. The van der Waals surface area contributed by atoms with E-state index in [-0.39, 0.29) is 17.1 Å². The first-order chi connectivity index (χ1) is 14.0. The fourth-order valence-corrected chi connectivity index (χ4v) is 3.08. The van der Waals surface area contributed by atoms with Crippen molar-refractivity contribution in [3.63, 3.8) is 0 Å². The Morgan fingerprint density at radius 1 is 0.800 bits per heavy atom. The Hall–Kier alpha value is -2.63. The Labute approximate surface area is 187 Å². The number of carbonyl (C=O) groups is 1. The zero-order valence-electron chi connectivity index (χ0n) is 17.1. The van der Waals surface area contributed by atoms with Crippen LogP contribution in [0.4, 0.5) is 0 Å². The molecule has 1 aliphatic heterocycles. The summed E-state index contributed by atoms with van der Waals surface area (Å²) in [5, 5.41) is 28.2. The van der Waals surface area contributed by atoms with Crippen LogP contribution in [0.25, 0.3) is 0 Å². The molecule has 1 radical (unpaired) electrons. The molecule has 2 aromatic carbocycles. The van der Waals surface area contributed by atoms with Crippen molar-refractivity contribution >= 4 is 18.4 Å². The molecule has 0 saturated carbocycles. The molecule has 0 spiro atoms. The molecule has 161 valence electrons. The maximum Gasteiger partial charge on any atom is 0.300 e. The normalized spacial score (nSPS) is 13.9. The van der Waals surface area contributed by atoms with E-state index in [1.807, 2.05) is 36.4 Å². The second kappa shape index (κ2) is 13.6. The molecular weight excluding hydrogens is 423 g/mol. The average Bonchev–Trinajstić information content (AvgIpc) is 2.67. The summed E-state index contributed by atoms with van der Waals surface area (Å²) in [6.07, 6.45) is 8.20. The Kier molecular flexibility index (Phi) is 11.5. The van der Waals surface area contributed by atoms with Crippen molar-refractivity contribution in [2.45, 2.75) is 39.0 Å². The number of phenolic OH excluding ortho intramolecular Hbond substituents is 2. The van der Waals surface area contributed by atoms with Crippen LogP contribution in [0.5, 0.6) is 11.5 Å². The van der Waals surface area contributed by atoms with Crippen LogP contribution < -0.4 is 0 Å². The molecule has 7 heteroatoms. The van der Waals surface area contributed by atoms with Crippen LogP contribution in [-0.4, -0.2) is 46.8 Å². The first-order valence-electron chi connectivity index (χ1n) is 9.80. The Balaban J connectivity index is 0.000000827. The third-order valence-corrected chi connectivity index (χ3v) is 4.51. The third kappa shape index (κ3) is 8.39. The second-order valence-corrected chi connectivity index (χ2v) is 6.86. The first kappa shape index (κ1) is 25.4. The van der Waals surface area contributed by atoms with Crippen LogP contribution in [0, 0.1) is 0 Å². The van der Waals surface area contributed by atoms with Gasteiger partial charge in [-0.05, 0) is 48.9 Å². The van der Waals surface area contributed by atoms with Gasteiger partial charge in [-0.3, -0.25) is 14.8 Å². The molecule has 0 atom stereocenters. The van der Waals surface area contributed by atoms with Crippen molar-refractivity contribution in [3.05, 3.63) is 58.7 Å². The molecule has 0 saturated heterocycles. The summed E-state index contributed by atoms with van der Waals surface area (Å²) in [4.78, 5) is 17.7. The van der Waals surface area contributed by atoms with Crippen LogP contribution in [0.1, 0.15) is 48.4 Å². The number of aromatic hydroxyl groups is 2. The number of carboxylic acid groups (broad SMARTS) is 1. The van der Waals surface area contributed by atoms with E-state index in [9.17, 15) is 10.2 Å². The van der Waals surface area contributed by atoms with E-state index in [1.54, 1.807) is 12.4 Å². The van der Waals surface area contributed by atoms with E-state index in [0.717, 1.165) is 61.3 Å². The summed E-state index contributed by atoms with van der Waals surface area (Å²) in [6, 6.07) is 11.6. The van der Waals surface area contributed by atoms with E-state index in [4.69, 9.17) is 9.90 Å². The van der Waals surface area contributed by atoms with Gasteiger partial charge in [0.1, 0.15) is 11.5 Å². The number of hydrogen-bond acceptors (Lipinski definition) is 5. The summed E-state index contributed by atoms with van der Waals surface area (Å²) in [6.45, 7) is 2.17. The molecule has 0 unspecified atom stereocenters. The number of para-hydroxylation sites is 2. The minimum Gasteiger partial charge on any atom is -0.507 e. The fraction of sp³-hybridized carbons (Fsp3) is 0.348. The van der Waals surface area contributed by atoms with Crippen LogP contribution in [-0.2, 0) is 34.7 Å². The van der Waals surface area contributed by atoms with Crippen molar-refractivity contribution in [1.29, 1.82) is 0 Å². The number of phenols is 2. The smallest absolute Gasteiger partial charge is 0.300 e. The molecule has 0 amide bonds. The van der Waals surface area contributed by atoms with Crippen molar-refractivity contribution in [1.82, 2.24) is 0 Å². The zero-order chi connectivity index (χ0) is 21.1. The Morgan fingerprint density at radius 3 is 1.60 bits per heavy atom. The maximum absolute atomic E-state index is 10.4. The number of fused-ring (bicyclic) bond motifs is 4. The van der Waals surface area contributed by atoms with Gasteiger partial charge < -0.3 is 15.3 Å². The van der Waals surface area contributed by atoms with Crippen LogP contribution in [0.3, 0.4) is 0 Å². The van der Waals surface area contributed by atoms with Gasteiger partial charge in [-0.2, -0.15) is 0 Å². The van der Waals surface area contributed by atoms with Crippen molar-refractivity contribution in [2.24, 2.45) is 9.98 Å². The van der Waals surface area contributed by atoms with Crippen LogP contribution in [0.2, 0.25) is 0 Å². The molecule has 6 nitrogen and oxygen atoms in total. The van der Waals surface area contributed by atoms with Gasteiger partial charge >= 0.3 is 0 Å². The quantitative estimate of drug-likeness (QED) is 0.527. The number of hydrogen-bond donors (Lipinski definition) is 3. The second-order valence-electron chi connectivity index (χ2n) is 6.86. The van der Waals surface area contributed by atoms with Crippen molar-refractivity contribution in [3.8, 4) is 11.5 Å². The largest absolute Gasteiger partial charge is 0.507 e. The standard InChI is InChI=1S/C21H24N2O2.C2H4O2.Mn/c24-20-16-6-2-1-3-7-17-9-5-11-19(21(17)25)15-23-13-12-22-14-18(20)10-4-8-16;1-2(3)4;/h4-5,8-11,14-15,24-25H,1-3,6-7,12-13H2;1H3,(H,3,4);. The summed E-state index contributed by atoms with van der Waals surface area (Å²) in [5.74, 6) is -0.160. The van der Waals surface area contributed by atoms with Gasteiger partial charge in [0, 0.05) is 47.5 Å². The SMILES string of the molecule is CC(=O)O.Oc1c2cccc1CCCCCc1cccc(c1O)C=NCCN=C2.[Mn]. The molecule has 1 aliphatic rings. The molecule has 0 aromatic heterocycles. The number of benzene rings is 2. The van der Waals surface area contributed by atoms with Gasteiger partial charge in [0.05, 0.1) is 13.1 Å². The van der Waals surface area contributed by atoms with Gasteiger partial charge in [-0.1, -0.05) is 30.7 Å². The molecule has 0 aliphatic carbocycles. The number of aryl methyl sites for hydroxylation is 2. The Morgan fingerprint density at radius 2 is 1.20 bits per heavy atom. The van der Waals surface area contributed by atoms with E-state index >= 15 is 0 Å². The number of aliphatic imine (C=N–C) groups is 2. The topological polar surface area (TPSA) is 102 Å². The summed E-state index contributed by atoms with van der Waals surface area (Å²) < 4.78 is 0. The fourth-order valence-electron chi connectivity index (χ4n) is 3.08. The summed E-state index contributed by atoms with van der Waals surface area (Å²) >= 11 is 0. The maximum atomic E-state index is 10.4. The van der Waals surface area contributed by atoms with Gasteiger partial charge in [-0.15, -0.1) is 0 Å². The van der Waals surface area contributed by atoms with Gasteiger partial charge in [0.2, 0.25) is 0 Å². The number of aliphatic carboxylic acids is 1. The number of nitrogens with zero attached hydrogens (tertiary/aromatic N) is 2. The van der Waals surface area contributed by atoms with E-state index in [0.29, 0.717) is 24.6 Å². The first-order valence-corrected chi connectivity index (χ1v) is 9.80. The van der Waals surface area contributed by atoms with Crippen molar-refractivity contribution < 1.29 is 37.2 Å². The van der Waals surface area contributed by atoms with Crippen molar-refractivity contribution in [2.75, 3.05) is 13.1 Å². The van der Waals surface area contributed by atoms with Crippen LogP contribution >= 0.6 is 0 Å². The van der Waals surface area contributed by atoms with Crippen LogP contribution in [0.15, 0.2) is 46.4 Å². The minimum atomic E-state index is -0.833. The molecule has 1 heterocycles. The summed E-state index contributed by atoms with van der Waals surface area (Å²) in [7, 11) is 0. The number of rotatable bonds is 0. The molecule has 3 N–H and O–H groups in total. The molecule has 30 heavy (non-hydrogen) atoms. The van der Waals surface area contributed by atoms with Gasteiger partial charge in [0.25, 0.3) is 5.97 Å². The van der Waals surface area contributed by atoms with Gasteiger partial charge in [0.15, 0.2) is 0 Å². The van der Waals surface area contributed by atoms with Gasteiger partial charge in [-0.25, -0.2) is 0 Å². The molecule has 4 bridgehead atoms. The zero-order valence-corrected chi connectivity index (χ0v) is 18.3. The molecular formula is C23H28MnN2O4. The monoisotopic (exact) mass is 451 g/mol. The van der Waals surface area contributed by atoms with E-state index in [1.165, 1.54) is 0 Å². The predicted molar refractivity (Wildman–Crippen MR) is 116 cm³/mol. The molecule has 3 rings (SSSR count). The minimum absolute atomic E-state index is 0. The average molecular weight is 451 g/mol. The summed E-state index contributed by atoms with van der Waals surface area (Å²) in [5.41, 5.74) is 3.46. The molecule has 2 aromatic rings.